The molecule has 0 unspecified atom stereocenters. The minimum absolute atomic E-state index is 0.121. The molecule has 4 heteroatoms. The van der Waals surface area contributed by atoms with E-state index in [1.54, 1.807) is 0 Å². The van der Waals surface area contributed by atoms with Gasteiger partial charge in [-0.2, -0.15) is 0 Å². The van der Waals surface area contributed by atoms with Crippen molar-refractivity contribution in [1.29, 1.82) is 5.41 Å². The van der Waals surface area contributed by atoms with Crippen LogP contribution in [-0.4, -0.2) is 18.9 Å². The van der Waals surface area contributed by atoms with Crippen molar-refractivity contribution in [3.05, 3.63) is 96.1 Å². The molecule has 0 bridgehead atoms. The fourth-order valence-corrected chi connectivity index (χ4v) is 2.18. The van der Waals surface area contributed by atoms with Crippen LogP contribution in [0.25, 0.3) is 11.1 Å². The molecule has 0 aromatic heterocycles. The largest absolute Gasteiger partial charge is 0.384 e. The van der Waals surface area contributed by atoms with Gasteiger partial charge in [0.05, 0.1) is 6.54 Å². The van der Waals surface area contributed by atoms with Crippen LogP contribution in [0.4, 0.5) is 0 Å². The smallest absolute Gasteiger partial charge is 0.122 e. The summed E-state index contributed by atoms with van der Waals surface area (Å²) in [7, 11) is 0. The highest BCUT2D eigenvalue weighted by molar-refractivity contribution is 6.15. The van der Waals surface area contributed by atoms with Gasteiger partial charge < -0.3 is 5.73 Å². The number of nitrogens with zero attached hydrogens (tertiary/aromatic N) is 1. The predicted octanol–water partition coefficient (Wildman–Crippen LogP) is 5.38. The van der Waals surface area contributed by atoms with Crippen molar-refractivity contribution < 1.29 is 0 Å². The maximum Gasteiger partial charge on any atom is 0.122 e. The lowest BCUT2D eigenvalue weighted by Gasteiger charge is -2.02. The summed E-state index contributed by atoms with van der Waals surface area (Å²) in [5, 5.41) is 7.01. The fraction of sp³-hybridized carbons (Fsp3) is 0.0909. The number of nitrogen functional groups attached to an aromatic ring is 1. The molecule has 134 valence electrons. The number of amidine groups is 1. The lowest BCUT2D eigenvalue weighted by Crippen LogP contribution is -2.10. The Labute approximate surface area is 160 Å². The number of hydrogen-bond acceptors (Lipinski definition) is 2. The first-order valence-electron chi connectivity index (χ1n) is 8.05. The van der Waals surface area contributed by atoms with Crippen LogP contribution in [0.2, 0.25) is 0 Å². The van der Waals surface area contributed by atoms with Gasteiger partial charge >= 0.3 is 0 Å². The van der Waals surface area contributed by atoms with E-state index in [1.807, 2.05) is 36.4 Å². The Bertz CT molecular complexity index is 770. The molecule has 0 aliphatic carbocycles. The molecule has 0 heterocycles. The van der Waals surface area contributed by atoms with Gasteiger partial charge in [0.15, 0.2) is 0 Å². The highest BCUT2D eigenvalue weighted by Gasteiger charge is 1.96. The Morgan fingerprint density at radius 1 is 0.846 bits per heavy atom. The highest BCUT2D eigenvalue weighted by Crippen LogP contribution is 2.19. The zero-order chi connectivity index (χ0) is 19.2. The van der Waals surface area contributed by atoms with E-state index in [2.05, 4.69) is 71.8 Å². The average molecular weight is 366 g/mol. The lowest BCUT2D eigenvalue weighted by molar-refractivity contribution is 1.08. The molecule has 3 N–H and O–H groups in total. The second-order valence-corrected chi connectivity index (χ2v) is 5.22. The minimum Gasteiger partial charge on any atom is -0.384 e. The first-order valence-corrected chi connectivity index (χ1v) is 8.80. The summed E-state index contributed by atoms with van der Waals surface area (Å²) >= 11 is 4.64. The summed E-state index contributed by atoms with van der Waals surface area (Å²) in [6, 6.07) is 28.0. The number of nitrogens with one attached hydrogen (secondary N) is 1. The summed E-state index contributed by atoms with van der Waals surface area (Å²) in [5.74, 6) is 0.121. The summed E-state index contributed by atoms with van der Waals surface area (Å²) in [4.78, 5) is 3.86. The van der Waals surface area contributed by atoms with Crippen LogP contribution in [0.5, 0.6) is 0 Å². The predicted molar refractivity (Wildman–Crippen MR) is 114 cm³/mol. The van der Waals surface area contributed by atoms with Gasteiger partial charge in [0.25, 0.3) is 0 Å². The zero-order valence-electron chi connectivity index (χ0n) is 14.9. The molecular formula is C22H24ClN3. The topological polar surface area (TPSA) is 62.2 Å². The van der Waals surface area contributed by atoms with Gasteiger partial charge in [-0.3, -0.25) is 10.4 Å². The van der Waals surface area contributed by atoms with Crippen molar-refractivity contribution in [2.75, 3.05) is 6.38 Å². The number of alkyl halides is 1. The number of benzene rings is 3. The third kappa shape index (κ3) is 7.32. The quantitative estimate of drug-likeness (QED) is 0.364. The second kappa shape index (κ2) is 12.5. The Hall–Kier alpha value is -2.91. The van der Waals surface area contributed by atoms with E-state index in [4.69, 9.17) is 11.1 Å². The van der Waals surface area contributed by atoms with Crippen LogP contribution in [0.15, 0.2) is 89.9 Å². The van der Waals surface area contributed by atoms with Gasteiger partial charge in [0.1, 0.15) is 5.84 Å². The molecule has 3 aromatic rings. The molecule has 0 aliphatic rings. The van der Waals surface area contributed by atoms with E-state index in [1.165, 1.54) is 23.1 Å². The second-order valence-electron chi connectivity index (χ2n) is 5.22. The van der Waals surface area contributed by atoms with Crippen LogP contribution < -0.4 is 5.73 Å². The molecule has 0 radical (unpaired) electrons. The van der Waals surface area contributed by atoms with Crippen LogP contribution in [0.3, 0.4) is 0 Å². The maximum atomic E-state index is 7.01. The standard InChI is InChI=1S/C14H13N.C7H8N2.CH3Cl/c1-15-11-12-7-9-14(10-8-12)13-5-3-2-4-6-13;8-7(9)6-4-2-1-3-5-6;1-2/h2-10H,1,11H2;1-5H,(H3,8,9);1H3. The van der Waals surface area contributed by atoms with E-state index in [0.717, 1.165) is 5.56 Å². The Morgan fingerprint density at radius 3 is 1.73 bits per heavy atom. The van der Waals surface area contributed by atoms with Gasteiger partial charge in [-0.15, -0.1) is 11.6 Å². The third-order valence-corrected chi connectivity index (χ3v) is 3.44. The number of nitrogens with two attached hydrogens (primary N) is 1. The first-order chi connectivity index (χ1) is 12.7. The van der Waals surface area contributed by atoms with Crippen molar-refractivity contribution in [2.45, 2.75) is 6.54 Å². The van der Waals surface area contributed by atoms with Gasteiger partial charge in [0.2, 0.25) is 0 Å². The summed E-state index contributed by atoms with van der Waals surface area (Å²) in [5.41, 5.74) is 9.66. The summed E-state index contributed by atoms with van der Waals surface area (Å²) < 4.78 is 0. The average Bonchev–Trinajstić information content (AvgIpc) is 2.72. The van der Waals surface area contributed by atoms with E-state index in [-0.39, 0.29) is 5.84 Å². The van der Waals surface area contributed by atoms with Crippen LogP contribution in [-0.2, 0) is 6.54 Å². The Kier molecular flexibility index (Phi) is 10.1. The molecule has 0 amide bonds. The highest BCUT2D eigenvalue weighted by atomic mass is 35.5. The third-order valence-electron chi connectivity index (χ3n) is 3.44. The maximum absolute atomic E-state index is 7.01. The monoisotopic (exact) mass is 365 g/mol. The van der Waals surface area contributed by atoms with E-state index < -0.39 is 0 Å². The SMILES string of the molecule is C=NCc1ccc(-c2ccccc2)cc1.CCl.N=C(N)c1ccccc1. The van der Waals surface area contributed by atoms with E-state index in [0.29, 0.717) is 6.54 Å². The van der Waals surface area contributed by atoms with Crippen molar-refractivity contribution in [3.8, 4) is 11.1 Å². The van der Waals surface area contributed by atoms with Gasteiger partial charge in [-0.05, 0) is 23.4 Å². The van der Waals surface area contributed by atoms with Crippen LogP contribution in [0.1, 0.15) is 11.1 Å². The van der Waals surface area contributed by atoms with Crippen LogP contribution in [0, 0.1) is 5.41 Å². The van der Waals surface area contributed by atoms with Gasteiger partial charge in [-0.1, -0.05) is 84.9 Å². The molecule has 0 atom stereocenters. The molecule has 0 fully saturated rings. The zero-order valence-corrected chi connectivity index (χ0v) is 15.7. The fourth-order valence-electron chi connectivity index (χ4n) is 2.18. The normalized spacial score (nSPS) is 9.00. The molecular weight excluding hydrogens is 342 g/mol. The molecule has 3 nitrogen and oxygen atoms in total. The summed E-state index contributed by atoms with van der Waals surface area (Å²) in [6.45, 7) is 4.18. The van der Waals surface area contributed by atoms with Gasteiger partial charge in [-0.25, -0.2) is 0 Å². The number of halogens is 1. The minimum atomic E-state index is 0.121. The molecule has 0 aliphatic heterocycles. The van der Waals surface area contributed by atoms with E-state index >= 15 is 0 Å². The van der Waals surface area contributed by atoms with Crippen molar-refractivity contribution in [2.24, 2.45) is 10.7 Å². The molecule has 3 rings (SSSR count). The van der Waals surface area contributed by atoms with Crippen molar-refractivity contribution in [1.82, 2.24) is 0 Å². The first kappa shape index (κ1) is 21.1. The molecule has 0 spiro atoms. The number of hydrogen-bond donors (Lipinski definition) is 2. The molecule has 26 heavy (non-hydrogen) atoms. The lowest BCUT2D eigenvalue weighted by atomic mass is 10.0. The Morgan fingerprint density at radius 2 is 1.31 bits per heavy atom. The van der Waals surface area contributed by atoms with Crippen molar-refractivity contribution >= 4 is 24.2 Å². The number of aliphatic imine (C=N–C) groups is 1. The molecule has 3 aromatic carbocycles. The van der Waals surface area contributed by atoms with E-state index in [9.17, 15) is 0 Å². The number of rotatable bonds is 4. The Balaban J connectivity index is 0.000000263. The summed E-state index contributed by atoms with van der Waals surface area (Å²) in [6.07, 6.45) is 1.47. The molecule has 0 saturated carbocycles. The van der Waals surface area contributed by atoms with Crippen LogP contribution >= 0.6 is 11.6 Å². The van der Waals surface area contributed by atoms with Crippen molar-refractivity contribution in [3.63, 3.8) is 0 Å². The van der Waals surface area contributed by atoms with Gasteiger partial charge in [0, 0.05) is 11.9 Å². The molecule has 0 saturated heterocycles.